The first kappa shape index (κ1) is 21.9. The van der Waals surface area contributed by atoms with E-state index < -0.39 is 9.84 Å². The van der Waals surface area contributed by atoms with Gasteiger partial charge < -0.3 is 5.32 Å². The van der Waals surface area contributed by atoms with Crippen molar-refractivity contribution in [3.63, 3.8) is 0 Å². The standard InChI is InChI=1S/C24H20BrNO3S2/c1-15-4-3-5-16(2)20(15)14-31(28,29)19-10-11-21-22(13-19)30-23(24(27)26-21)12-17-6-8-18(25)9-7-17/h3-13H,14H2,1-2H3,(H,26,27)/b23-12-. The Bertz CT molecular complexity index is 1290. The maximum Gasteiger partial charge on any atom is 0.262 e. The highest BCUT2D eigenvalue weighted by molar-refractivity contribution is 9.10. The van der Waals surface area contributed by atoms with E-state index in [9.17, 15) is 13.2 Å². The van der Waals surface area contributed by atoms with Crippen molar-refractivity contribution in [3.05, 3.63) is 92.3 Å². The Balaban J connectivity index is 1.65. The highest BCUT2D eigenvalue weighted by Gasteiger charge is 2.25. The predicted molar refractivity (Wildman–Crippen MR) is 130 cm³/mol. The molecule has 0 atom stereocenters. The van der Waals surface area contributed by atoms with Gasteiger partial charge in [0.25, 0.3) is 5.91 Å². The molecule has 0 aliphatic carbocycles. The molecule has 7 heteroatoms. The summed E-state index contributed by atoms with van der Waals surface area (Å²) in [5, 5.41) is 2.86. The van der Waals surface area contributed by atoms with Crippen molar-refractivity contribution in [2.75, 3.05) is 5.32 Å². The molecule has 0 aromatic heterocycles. The largest absolute Gasteiger partial charge is 0.320 e. The Morgan fingerprint density at radius 2 is 1.68 bits per heavy atom. The van der Waals surface area contributed by atoms with Crippen molar-refractivity contribution >= 4 is 55.2 Å². The smallest absolute Gasteiger partial charge is 0.262 e. The molecule has 0 saturated heterocycles. The van der Waals surface area contributed by atoms with Crippen LogP contribution in [0.4, 0.5) is 5.69 Å². The third-order valence-corrected chi connectivity index (χ3v) is 8.40. The molecule has 1 aliphatic heterocycles. The molecule has 1 N–H and O–H groups in total. The maximum absolute atomic E-state index is 13.1. The Hall–Kier alpha value is -2.35. The molecular formula is C24H20BrNO3S2. The second-order valence-electron chi connectivity index (χ2n) is 7.40. The van der Waals surface area contributed by atoms with Crippen molar-refractivity contribution < 1.29 is 13.2 Å². The topological polar surface area (TPSA) is 63.2 Å². The predicted octanol–water partition coefficient (Wildman–Crippen LogP) is 6.13. The zero-order chi connectivity index (χ0) is 22.2. The molecule has 0 fully saturated rings. The van der Waals surface area contributed by atoms with Gasteiger partial charge in [0.05, 0.1) is 21.2 Å². The molecule has 31 heavy (non-hydrogen) atoms. The number of nitrogens with one attached hydrogen (secondary N) is 1. The molecule has 0 unspecified atom stereocenters. The van der Waals surface area contributed by atoms with Crippen molar-refractivity contribution in [1.29, 1.82) is 0 Å². The summed E-state index contributed by atoms with van der Waals surface area (Å²) in [5.41, 5.74) is 4.26. The summed E-state index contributed by atoms with van der Waals surface area (Å²) in [4.78, 5) is 14.0. The summed E-state index contributed by atoms with van der Waals surface area (Å²) in [6.45, 7) is 3.85. The van der Waals surface area contributed by atoms with Crippen LogP contribution in [0.1, 0.15) is 22.3 Å². The summed E-state index contributed by atoms with van der Waals surface area (Å²) < 4.78 is 27.2. The number of hydrogen-bond acceptors (Lipinski definition) is 4. The molecule has 3 aromatic carbocycles. The van der Waals surface area contributed by atoms with Gasteiger partial charge in [-0.25, -0.2) is 8.42 Å². The van der Waals surface area contributed by atoms with Crippen LogP contribution in [0.25, 0.3) is 6.08 Å². The number of carbonyl (C=O) groups is 1. The Kier molecular flexibility index (Phi) is 6.10. The molecule has 4 rings (SSSR count). The van der Waals surface area contributed by atoms with E-state index in [2.05, 4.69) is 21.2 Å². The monoisotopic (exact) mass is 513 g/mol. The number of benzene rings is 3. The Morgan fingerprint density at radius 1 is 1.00 bits per heavy atom. The first-order valence-electron chi connectivity index (χ1n) is 9.61. The van der Waals surface area contributed by atoms with Gasteiger partial charge in [-0.2, -0.15) is 0 Å². The molecule has 0 saturated carbocycles. The lowest BCUT2D eigenvalue weighted by Gasteiger charge is -2.20. The lowest BCUT2D eigenvalue weighted by molar-refractivity contribution is -0.112. The van der Waals surface area contributed by atoms with Crippen LogP contribution >= 0.6 is 27.7 Å². The van der Waals surface area contributed by atoms with E-state index in [1.807, 2.05) is 56.3 Å². The third-order valence-electron chi connectivity index (χ3n) is 5.15. The molecule has 1 heterocycles. The molecule has 0 bridgehead atoms. The van der Waals surface area contributed by atoms with Crippen LogP contribution in [0.5, 0.6) is 0 Å². The number of amides is 1. The second-order valence-corrected chi connectivity index (χ2v) is 11.4. The van der Waals surface area contributed by atoms with E-state index in [-0.39, 0.29) is 16.6 Å². The minimum atomic E-state index is -3.54. The van der Waals surface area contributed by atoms with Crippen LogP contribution in [-0.2, 0) is 20.4 Å². The van der Waals surface area contributed by atoms with Crippen LogP contribution in [0.3, 0.4) is 0 Å². The fourth-order valence-corrected chi connectivity index (χ4v) is 6.29. The zero-order valence-electron chi connectivity index (χ0n) is 17.0. The number of carbonyl (C=O) groups excluding carboxylic acids is 1. The summed E-state index contributed by atoms with van der Waals surface area (Å²) >= 11 is 4.68. The van der Waals surface area contributed by atoms with Crippen molar-refractivity contribution in [2.45, 2.75) is 29.4 Å². The fraction of sp³-hybridized carbons (Fsp3) is 0.125. The number of thioether (sulfide) groups is 1. The Morgan fingerprint density at radius 3 is 2.35 bits per heavy atom. The van der Waals surface area contributed by atoms with Gasteiger partial charge in [0.2, 0.25) is 0 Å². The number of rotatable bonds is 4. The van der Waals surface area contributed by atoms with Gasteiger partial charge in [-0.15, -0.1) is 0 Å². The van der Waals surface area contributed by atoms with Crippen molar-refractivity contribution in [1.82, 2.24) is 0 Å². The average Bonchev–Trinajstić information content (AvgIpc) is 2.73. The molecule has 4 nitrogen and oxygen atoms in total. The van der Waals surface area contributed by atoms with Crippen molar-refractivity contribution in [3.8, 4) is 0 Å². The second kappa shape index (κ2) is 8.65. The van der Waals surface area contributed by atoms with Crippen LogP contribution in [0, 0.1) is 13.8 Å². The number of hydrogen-bond donors (Lipinski definition) is 1. The average molecular weight is 514 g/mol. The molecular weight excluding hydrogens is 494 g/mol. The summed E-state index contributed by atoms with van der Waals surface area (Å²) in [7, 11) is -3.54. The number of halogens is 1. The van der Waals surface area contributed by atoms with Gasteiger partial charge in [-0.1, -0.05) is 58.0 Å². The molecule has 1 aliphatic rings. The van der Waals surface area contributed by atoms with Crippen LogP contribution < -0.4 is 5.32 Å². The van der Waals surface area contributed by atoms with Crippen LogP contribution in [-0.4, -0.2) is 14.3 Å². The molecule has 0 radical (unpaired) electrons. The van der Waals surface area contributed by atoms with E-state index in [0.717, 1.165) is 26.7 Å². The lowest BCUT2D eigenvalue weighted by atomic mass is 10.1. The molecule has 158 valence electrons. The first-order valence-corrected chi connectivity index (χ1v) is 12.9. The number of fused-ring (bicyclic) bond motifs is 1. The highest BCUT2D eigenvalue weighted by Crippen LogP contribution is 2.40. The van der Waals surface area contributed by atoms with Gasteiger partial charge in [0.15, 0.2) is 9.84 Å². The Labute approximate surface area is 194 Å². The molecule has 1 amide bonds. The van der Waals surface area contributed by atoms with E-state index in [1.54, 1.807) is 24.3 Å². The minimum Gasteiger partial charge on any atom is -0.320 e. The number of sulfone groups is 1. The summed E-state index contributed by atoms with van der Waals surface area (Å²) in [5.74, 6) is -0.255. The SMILES string of the molecule is Cc1cccc(C)c1CS(=O)(=O)c1ccc2c(c1)S/C(=C\c1ccc(Br)cc1)C(=O)N2. The van der Waals surface area contributed by atoms with E-state index in [4.69, 9.17) is 0 Å². The number of anilines is 1. The lowest BCUT2D eigenvalue weighted by Crippen LogP contribution is -2.17. The molecule has 0 spiro atoms. The van der Waals surface area contributed by atoms with Gasteiger partial charge in [-0.3, -0.25) is 4.79 Å². The fourth-order valence-electron chi connectivity index (χ4n) is 3.39. The summed E-state index contributed by atoms with van der Waals surface area (Å²) in [6.07, 6.45) is 1.80. The van der Waals surface area contributed by atoms with Crippen LogP contribution in [0.15, 0.2) is 79.8 Å². The van der Waals surface area contributed by atoms with Gasteiger partial charge in [-0.05, 0) is 72.5 Å². The first-order chi connectivity index (χ1) is 14.7. The molecule has 3 aromatic rings. The summed E-state index contributed by atoms with van der Waals surface area (Å²) in [6, 6.07) is 18.3. The van der Waals surface area contributed by atoms with E-state index in [0.29, 0.717) is 15.5 Å². The quantitative estimate of drug-likeness (QED) is 0.426. The third kappa shape index (κ3) is 4.79. The maximum atomic E-state index is 13.1. The van der Waals surface area contributed by atoms with E-state index in [1.165, 1.54) is 11.8 Å². The van der Waals surface area contributed by atoms with Gasteiger partial charge in [0.1, 0.15) is 0 Å². The normalized spacial score (nSPS) is 14.9. The zero-order valence-corrected chi connectivity index (χ0v) is 20.2. The highest BCUT2D eigenvalue weighted by atomic mass is 79.9. The van der Waals surface area contributed by atoms with Crippen LogP contribution in [0.2, 0.25) is 0 Å². The van der Waals surface area contributed by atoms with Gasteiger partial charge in [0, 0.05) is 9.37 Å². The number of aryl methyl sites for hydroxylation is 2. The van der Waals surface area contributed by atoms with Crippen molar-refractivity contribution in [2.24, 2.45) is 0 Å². The van der Waals surface area contributed by atoms with E-state index >= 15 is 0 Å². The van der Waals surface area contributed by atoms with Gasteiger partial charge >= 0.3 is 0 Å². The minimum absolute atomic E-state index is 0.0527.